The van der Waals surface area contributed by atoms with Crippen molar-refractivity contribution < 1.29 is 40.9 Å². The highest BCUT2D eigenvalue weighted by Crippen LogP contribution is 2.32. The molecule has 0 amide bonds. The molecule has 0 fully saturated rings. The fourth-order valence-electron chi connectivity index (χ4n) is 1.78. The van der Waals surface area contributed by atoms with Gasteiger partial charge in [-0.3, -0.25) is 0 Å². The molecule has 0 aliphatic rings. The largest absolute Gasteiger partial charge is 0.505 e. The SMILES string of the molecule is Oc1cc(F)c(Cc2c(F)c(F)c(O)c(F)c2F)c(F)c1F. The molecule has 0 atom stereocenters. The van der Waals surface area contributed by atoms with E-state index in [9.17, 15) is 30.7 Å². The molecule has 0 heterocycles. The van der Waals surface area contributed by atoms with Gasteiger partial charge in [0, 0.05) is 23.6 Å². The molecular formula is C13H5F7O2. The summed E-state index contributed by atoms with van der Waals surface area (Å²) in [4.78, 5) is 0. The Morgan fingerprint density at radius 2 is 1.09 bits per heavy atom. The van der Waals surface area contributed by atoms with Gasteiger partial charge in [-0.15, -0.1) is 0 Å². The van der Waals surface area contributed by atoms with Crippen LogP contribution in [-0.4, -0.2) is 10.2 Å². The molecule has 0 aromatic heterocycles. The molecular weight excluding hydrogens is 321 g/mol. The standard InChI is InChI=1S/C13H5F7O2/c14-5-2-6(21)10(18)7(15)3(5)1-4-8(16)11(19)13(22)12(20)9(4)17/h2,21-22H,1H2. The number of hydrogen-bond acceptors (Lipinski definition) is 2. The van der Waals surface area contributed by atoms with Gasteiger partial charge in [0.05, 0.1) is 0 Å². The number of rotatable bonds is 2. The van der Waals surface area contributed by atoms with Crippen LogP contribution in [-0.2, 0) is 6.42 Å². The number of phenolic OH excluding ortho intramolecular Hbond substituents is 2. The molecule has 0 saturated carbocycles. The van der Waals surface area contributed by atoms with Crippen LogP contribution in [0.4, 0.5) is 30.7 Å². The van der Waals surface area contributed by atoms with Crippen molar-refractivity contribution >= 4 is 0 Å². The first kappa shape index (κ1) is 15.9. The monoisotopic (exact) mass is 326 g/mol. The molecule has 0 spiro atoms. The van der Waals surface area contributed by atoms with Crippen LogP contribution >= 0.6 is 0 Å². The average molecular weight is 326 g/mol. The minimum Gasteiger partial charge on any atom is -0.505 e. The summed E-state index contributed by atoms with van der Waals surface area (Å²) in [5, 5.41) is 17.6. The summed E-state index contributed by atoms with van der Waals surface area (Å²) < 4.78 is 93.4. The molecule has 0 unspecified atom stereocenters. The molecule has 0 saturated heterocycles. The second-order valence-electron chi connectivity index (χ2n) is 4.24. The molecule has 22 heavy (non-hydrogen) atoms. The maximum absolute atomic E-state index is 13.5. The second kappa shape index (κ2) is 5.39. The van der Waals surface area contributed by atoms with Crippen molar-refractivity contribution in [2.75, 3.05) is 0 Å². The van der Waals surface area contributed by atoms with Crippen molar-refractivity contribution in [2.45, 2.75) is 6.42 Å². The lowest BCUT2D eigenvalue weighted by Gasteiger charge is -2.11. The Morgan fingerprint density at radius 1 is 0.636 bits per heavy atom. The van der Waals surface area contributed by atoms with E-state index < -0.39 is 69.8 Å². The summed E-state index contributed by atoms with van der Waals surface area (Å²) in [6, 6.07) is 0.136. The lowest BCUT2D eigenvalue weighted by Crippen LogP contribution is -2.08. The first-order valence-electron chi connectivity index (χ1n) is 5.55. The van der Waals surface area contributed by atoms with E-state index in [0.29, 0.717) is 0 Å². The Bertz CT molecular complexity index is 745. The van der Waals surface area contributed by atoms with E-state index in [-0.39, 0.29) is 6.07 Å². The van der Waals surface area contributed by atoms with Crippen molar-refractivity contribution in [2.24, 2.45) is 0 Å². The average Bonchev–Trinajstić information content (AvgIpc) is 2.48. The van der Waals surface area contributed by atoms with Crippen LogP contribution in [0.3, 0.4) is 0 Å². The van der Waals surface area contributed by atoms with Gasteiger partial charge in [-0.2, -0.15) is 13.2 Å². The normalized spacial score (nSPS) is 11.0. The fraction of sp³-hybridized carbons (Fsp3) is 0.0769. The van der Waals surface area contributed by atoms with Gasteiger partial charge in [0.25, 0.3) is 0 Å². The highest BCUT2D eigenvalue weighted by molar-refractivity contribution is 5.39. The molecule has 2 N–H and O–H groups in total. The van der Waals surface area contributed by atoms with E-state index in [4.69, 9.17) is 10.2 Å². The highest BCUT2D eigenvalue weighted by Gasteiger charge is 2.28. The van der Waals surface area contributed by atoms with Crippen molar-refractivity contribution in [3.05, 3.63) is 57.9 Å². The summed E-state index contributed by atoms with van der Waals surface area (Å²) in [6.07, 6.45) is -1.39. The second-order valence-corrected chi connectivity index (χ2v) is 4.24. The van der Waals surface area contributed by atoms with Gasteiger partial charge in [0.1, 0.15) is 5.82 Å². The molecule has 2 aromatic carbocycles. The zero-order chi connectivity index (χ0) is 16.8. The van der Waals surface area contributed by atoms with E-state index in [2.05, 4.69) is 0 Å². The molecule has 2 nitrogen and oxygen atoms in total. The Morgan fingerprint density at radius 3 is 1.59 bits per heavy atom. The van der Waals surface area contributed by atoms with Gasteiger partial charge in [-0.1, -0.05) is 0 Å². The summed E-state index contributed by atoms with van der Waals surface area (Å²) in [5.74, 6) is -17.2. The number of aromatic hydroxyl groups is 2. The van der Waals surface area contributed by atoms with E-state index in [1.807, 2.05) is 0 Å². The van der Waals surface area contributed by atoms with Crippen molar-refractivity contribution in [3.8, 4) is 11.5 Å². The third-order valence-electron chi connectivity index (χ3n) is 2.92. The summed E-state index contributed by atoms with van der Waals surface area (Å²) >= 11 is 0. The van der Waals surface area contributed by atoms with Crippen LogP contribution in [0.2, 0.25) is 0 Å². The van der Waals surface area contributed by atoms with Gasteiger partial charge in [0.2, 0.25) is 17.5 Å². The molecule has 0 bridgehead atoms. The zero-order valence-electron chi connectivity index (χ0n) is 10.3. The Balaban J connectivity index is 2.66. The Kier molecular flexibility index (Phi) is 3.90. The topological polar surface area (TPSA) is 40.5 Å². The predicted octanol–water partition coefficient (Wildman–Crippen LogP) is 3.66. The summed E-state index contributed by atoms with van der Waals surface area (Å²) in [6.45, 7) is 0. The molecule has 2 aromatic rings. The lowest BCUT2D eigenvalue weighted by atomic mass is 10.0. The lowest BCUT2D eigenvalue weighted by molar-refractivity contribution is 0.351. The van der Waals surface area contributed by atoms with Crippen molar-refractivity contribution in [1.82, 2.24) is 0 Å². The maximum atomic E-state index is 13.5. The third kappa shape index (κ3) is 2.32. The first-order chi connectivity index (χ1) is 10.2. The third-order valence-corrected chi connectivity index (χ3v) is 2.92. The van der Waals surface area contributed by atoms with Gasteiger partial charge in [0.15, 0.2) is 29.0 Å². The minimum atomic E-state index is -2.16. The summed E-state index contributed by atoms with van der Waals surface area (Å²) in [7, 11) is 0. The van der Waals surface area contributed by atoms with Gasteiger partial charge >= 0.3 is 0 Å². The highest BCUT2D eigenvalue weighted by atomic mass is 19.2. The van der Waals surface area contributed by atoms with Crippen LogP contribution in [0.25, 0.3) is 0 Å². The molecule has 2 rings (SSSR count). The van der Waals surface area contributed by atoms with Crippen LogP contribution in [0.1, 0.15) is 11.1 Å². The predicted molar refractivity (Wildman–Crippen MR) is 58.7 cm³/mol. The molecule has 9 heteroatoms. The summed E-state index contributed by atoms with van der Waals surface area (Å²) in [5.41, 5.74) is -2.70. The molecule has 0 aliphatic heterocycles. The number of hydrogen-bond donors (Lipinski definition) is 2. The van der Waals surface area contributed by atoms with Crippen molar-refractivity contribution in [3.63, 3.8) is 0 Å². The zero-order valence-corrected chi connectivity index (χ0v) is 10.3. The van der Waals surface area contributed by atoms with Crippen molar-refractivity contribution in [1.29, 1.82) is 0 Å². The van der Waals surface area contributed by atoms with E-state index in [1.54, 1.807) is 0 Å². The molecule has 0 aliphatic carbocycles. The maximum Gasteiger partial charge on any atom is 0.203 e. The molecule has 0 radical (unpaired) electrons. The smallest absolute Gasteiger partial charge is 0.203 e. The Labute approximate surface area is 118 Å². The number of phenols is 2. The van der Waals surface area contributed by atoms with E-state index in [0.717, 1.165) is 0 Å². The van der Waals surface area contributed by atoms with E-state index >= 15 is 0 Å². The number of halogens is 7. The minimum absolute atomic E-state index is 0.136. The van der Waals surface area contributed by atoms with Crippen LogP contribution < -0.4 is 0 Å². The quantitative estimate of drug-likeness (QED) is 0.653. The van der Waals surface area contributed by atoms with Gasteiger partial charge in [-0.25, -0.2) is 17.6 Å². The van der Waals surface area contributed by atoms with Gasteiger partial charge < -0.3 is 10.2 Å². The molecule has 118 valence electrons. The van der Waals surface area contributed by atoms with Crippen LogP contribution in [0, 0.1) is 40.7 Å². The van der Waals surface area contributed by atoms with Crippen LogP contribution in [0.15, 0.2) is 6.07 Å². The first-order valence-corrected chi connectivity index (χ1v) is 5.55. The van der Waals surface area contributed by atoms with Gasteiger partial charge in [-0.05, 0) is 0 Å². The number of benzene rings is 2. The van der Waals surface area contributed by atoms with E-state index in [1.165, 1.54) is 0 Å². The Hall–Kier alpha value is -2.45. The van der Waals surface area contributed by atoms with Crippen LogP contribution in [0.5, 0.6) is 11.5 Å². The fourth-order valence-corrected chi connectivity index (χ4v) is 1.78.